The molecule has 1 aromatic rings. The average molecular weight is 191 g/mol. The molecule has 0 unspecified atom stereocenters. The lowest BCUT2D eigenvalue weighted by Crippen LogP contribution is -2.15. The zero-order valence-electron chi connectivity index (χ0n) is 8.81. The molecule has 1 aromatic carbocycles. The van der Waals surface area contributed by atoms with Crippen LogP contribution in [0.15, 0.2) is 36.4 Å². The lowest BCUT2D eigenvalue weighted by molar-refractivity contribution is 0.0753. The van der Waals surface area contributed by atoms with E-state index < -0.39 is 0 Å². The summed E-state index contributed by atoms with van der Waals surface area (Å²) in [5.41, 5.74) is 1.21. The summed E-state index contributed by atoms with van der Waals surface area (Å²) in [7, 11) is 3.97. The van der Waals surface area contributed by atoms with Crippen molar-refractivity contribution in [3.8, 4) is 0 Å². The van der Waals surface area contributed by atoms with Gasteiger partial charge in [-0.2, -0.15) is 0 Å². The number of ether oxygens (including phenoxy) is 1. The van der Waals surface area contributed by atoms with E-state index in [1.807, 2.05) is 43.3 Å². The molecule has 0 aliphatic rings. The summed E-state index contributed by atoms with van der Waals surface area (Å²) in [6, 6.07) is 10.2. The second kappa shape index (κ2) is 6.35. The monoisotopic (exact) mass is 191 g/mol. The van der Waals surface area contributed by atoms with E-state index in [2.05, 4.69) is 18.2 Å². The highest BCUT2D eigenvalue weighted by atomic mass is 16.5. The van der Waals surface area contributed by atoms with Gasteiger partial charge in [0, 0.05) is 0 Å². The summed E-state index contributed by atoms with van der Waals surface area (Å²) in [6.45, 7) is 1.33. The number of nitrogens with zero attached hydrogens (tertiary/aromatic N) is 1. The van der Waals surface area contributed by atoms with Gasteiger partial charge in [-0.3, -0.25) is 4.90 Å². The molecular weight excluding hydrogens is 174 g/mol. The minimum Gasteiger partial charge on any atom is -0.362 e. The Balaban J connectivity index is 2.21. The van der Waals surface area contributed by atoms with Gasteiger partial charge in [0.25, 0.3) is 0 Å². The molecule has 14 heavy (non-hydrogen) atoms. The van der Waals surface area contributed by atoms with Crippen LogP contribution >= 0.6 is 0 Å². The molecule has 1 rings (SSSR count). The predicted octanol–water partition coefficient (Wildman–Crippen LogP) is 2.24. The maximum Gasteiger partial charge on any atom is 0.0989 e. The number of rotatable bonds is 5. The fourth-order valence-electron chi connectivity index (χ4n) is 1.05. The van der Waals surface area contributed by atoms with Gasteiger partial charge in [0.15, 0.2) is 0 Å². The Hall–Kier alpha value is -1.12. The Kier molecular flexibility index (Phi) is 4.97. The van der Waals surface area contributed by atoms with Crippen LogP contribution in [0.1, 0.15) is 5.56 Å². The fourth-order valence-corrected chi connectivity index (χ4v) is 1.05. The van der Waals surface area contributed by atoms with Crippen LogP contribution in [0.5, 0.6) is 0 Å². The highest BCUT2D eigenvalue weighted by molar-refractivity contribution is 5.48. The molecule has 0 N–H and O–H groups in total. The van der Waals surface area contributed by atoms with Gasteiger partial charge in [-0.15, -0.1) is 0 Å². The van der Waals surface area contributed by atoms with Crippen LogP contribution in [-0.2, 0) is 4.74 Å². The Morgan fingerprint density at radius 1 is 1.21 bits per heavy atom. The topological polar surface area (TPSA) is 12.5 Å². The van der Waals surface area contributed by atoms with Gasteiger partial charge in [0.2, 0.25) is 0 Å². The van der Waals surface area contributed by atoms with Crippen molar-refractivity contribution in [3.63, 3.8) is 0 Å². The summed E-state index contributed by atoms with van der Waals surface area (Å²) < 4.78 is 5.36. The zero-order valence-corrected chi connectivity index (χ0v) is 8.81. The molecular formula is C12H17NO. The molecule has 0 atom stereocenters. The second-order valence-electron chi connectivity index (χ2n) is 3.39. The van der Waals surface area contributed by atoms with Crippen LogP contribution in [0.25, 0.3) is 6.08 Å². The molecule has 76 valence electrons. The summed E-state index contributed by atoms with van der Waals surface area (Å²) in [5.74, 6) is 0. The van der Waals surface area contributed by atoms with Crippen molar-refractivity contribution in [2.75, 3.05) is 27.4 Å². The van der Waals surface area contributed by atoms with E-state index in [1.54, 1.807) is 0 Å². The van der Waals surface area contributed by atoms with E-state index in [0.29, 0.717) is 13.3 Å². The van der Waals surface area contributed by atoms with Crippen LogP contribution in [0.3, 0.4) is 0 Å². The summed E-state index contributed by atoms with van der Waals surface area (Å²) in [4.78, 5) is 2.00. The minimum absolute atomic E-state index is 0.660. The first-order chi connectivity index (χ1) is 6.79. The van der Waals surface area contributed by atoms with Crippen LogP contribution in [-0.4, -0.2) is 32.3 Å². The molecule has 0 fully saturated rings. The van der Waals surface area contributed by atoms with E-state index >= 15 is 0 Å². The largest absolute Gasteiger partial charge is 0.362 e. The Labute approximate surface area is 85.8 Å². The third kappa shape index (κ3) is 4.80. The molecule has 2 nitrogen and oxygen atoms in total. The molecule has 0 aliphatic carbocycles. The molecule has 0 radical (unpaired) electrons. The molecule has 0 saturated carbocycles. The quantitative estimate of drug-likeness (QED) is 0.523. The van der Waals surface area contributed by atoms with Gasteiger partial charge in [-0.1, -0.05) is 42.5 Å². The molecule has 0 amide bonds. The van der Waals surface area contributed by atoms with Crippen molar-refractivity contribution < 1.29 is 4.74 Å². The van der Waals surface area contributed by atoms with Crippen LogP contribution in [0.4, 0.5) is 0 Å². The molecule has 0 aromatic heterocycles. The van der Waals surface area contributed by atoms with Crippen molar-refractivity contribution in [3.05, 3.63) is 42.0 Å². The molecule has 2 heteroatoms. The van der Waals surface area contributed by atoms with Crippen LogP contribution in [0, 0.1) is 0 Å². The highest BCUT2D eigenvalue weighted by Crippen LogP contribution is 2.00. The first kappa shape index (κ1) is 11.0. The Morgan fingerprint density at radius 2 is 1.93 bits per heavy atom. The van der Waals surface area contributed by atoms with E-state index in [1.165, 1.54) is 5.56 Å². The van der Waals surface area contributed by atoms with Crippen LogP contribution in [0.2, 0.25) is 0 Å². The first-order valence-electron chi connectivity index (χ1n) is 4.73. The number of benzene rings is 1. The lowest BCUT2D eigenvalue weighted by atomic mass is 10.2. The summed E-state index contributed by atoms with van der Waals surface area (Å²) >= 11 is 0. The van der Waals surface area contributed by atoms with Crippen molar-refractivity contribution in [2.45, 2.75) is 0 Å². The van der Waals surface area contributed by atoms with Gasteiger partial charge < -0.3 is 4.74 Å². The van der Waals surface area contributed by atoms with E-state index in [-0.39, 0.29) is 0 Å². The molecule has 0 saturated heterocycles. The maximum atomic E-state index is 5.36. The Morgan fingerprint density at radius 3 is 2.57 bits per heavy atom. The lowest BCUT2D eigenvalue weighted by Gasteiger charge is -2.07. The van der Waals surface area contributed by atoms with Crippen LogP contribution < -0.4 is 0 Å². The van der Waals surface area contributed by atoms with E-state index in [0.717, 1.165) is 0 Å². The van der Waals surface area contributed by atoms with E-state index in [9.17, 15) is 0 Å². The number of hydrogen-bond acceptors (Lipinski definition) is 2. The number of hydrogen-bond donors (Lipinski definition) is 0. The van der Waals surface area contributed by atoms with Crippen molar-refractivity contribution >= 4 is 6.08 Å². The van der Waals surface area contributed by atoms with Gasteiger partial charge in [-0.25, -0.2) is 0 Å². The van der Waals surface area contributed by atoms with Gasteiger partial charge in [0.05, 0.1) is 13.3 Å². The second-order valence-corrected chi connectivity index (χ2v) is 3.39. The van der Waals surface area contributed by atoms with E-state index in [4.69, 9.17) is 4.74 Å². The SMILES string of the molecule is CN(C)COCC=Cc1ccccc1. The van der Waals surface area contributed by atoms with Crippen molar-refractivity contribution in [2.24, 2.45) is 0 Å². The summed E-state index contributed by atoms with van der Waals surface area (Å²) in [5, 5.41) is 0. The summed E-state index contributed by atoms with van der Waals surface area (Å²) in [6.07, 6.45) is 4.09. The zero-order chi connectivity index (χ0) is 10.2. The Bertz CT molecular complexity index is 267. The molecule has 0 spiro atoms. The third-order valence-corrected chi connectivity index (χ3v) is 1.67. The fraction of sp³-hybridized carbons (Fsp3) is 0.333. The average Bonchev–Trinajstić information content (AvgIpc) is 2.18. The maximum absolute atomic E-state index is 5.36. The molecule has 0 aliphatic heterocycles. The minimum atomic E-state index is 0.660. The van der Waals surface area contributed by atoms with Gasteiger partial charge in [-0.05, 0) is 19.7 Å². The van der Waals surface area contributed by atoms with Crippen molar-refractivity contribution in [1.29, 1.82) is 0 Å². The third-order valence-electron chi connectivity index (χ3n) is 1.67. The highest BCUT2D eigenvalue weighted by Gasteiger charge is 1.86. The molecule has 0 heterocycles. The molecule has 0 bridgehead atoms. The first-order valence-corrected chi connectivity index (χ1v) is 4.73. The standard InChI is InChI=1S/C12H17NO/c1-13(2)11-14-10-6-9-12-7-4-3-5-8-12/h3-9H,10-11H2,1-2H3. The smallest absolute Gasteiger partial charge is 0.0989 e. The predicted molar refractivity (Wildman–Crippen MR) is 60.0 cm³/mol. The van der Waals surface area contributed by atoms with Gasteiger partial charge in [0.1, 0.15) is 0 Å². The van der Waals surface area contributed by atoms with Crippen molar-refractivity contribution in [1.82, 2.24) is 4.90 Å². The van der Waals surface area contributed by atoms with Gasteiger partial charge >= 0.3 is 0 Å². The normalized spacial score (nSPS) is 11.4.